The molecule has 22 heavy (non-hydrogen) atoms. The first-order chi connectivity index (χ1) is 10.4. The molecule has 1 aromatic rings. The van der Waals surface area contributed by atoms with Gasteiger partial charge in [-0.3, -0.25) is 9.79 Å². The number of aliphatic hydroxyl groups is 1. The Morgan fingerprint density at radius 1 is 1.41 bits per heavy atom. The van der Waals surface area contributed by atoms with E-state index in [1.807, 2.05) is 0 Å². The minimum Gasteiger partial charge on any atom is -0.388 e. The summed E-state index contributed by atoms with van der Waals surface area (Å²) in [7, 11) is 0. The number of benzene rings is 1. The summed E-state index contributed by atoms with van der Waals surface area (Å²) in [5.41, 5.74) is -0.485. The fourth-order valence-corrected chi connectivity index (χ4v) is 4.17. The van der Waals surface area contributed by atoms with E-state index in [9.17, 15) is 14.3 Å². The second-order valence-corrected chi connectivity index (χ2v) is 7.51. The molecule has 118 valence electrons. The maximum atomic E-state index is 13.8. The van der Waals surface area contributed by atoms with Crippen LogP contribution in [0.5, 0.6) is 0 Å². The number of aliphatic imine (C=N–C) groups is 1. The Kier molecular flexibility index (Phi) is 3.77. The largest absolute Gasteiger partial charge is 0.388 e. The Labute approximate surface area is 133 Å². The van der Waals surface area contributed by atoms with E-state index in [-0.39, 0.29) is 11.7 Å². The zero-order valence-electron chi connectivity index (χ0n) is 12.6. The minimum absolute atomic E-state index is 0.223. The summed E-state index contributed by atoms with van der Waals surface area (Å²) in [5, 5.41) is 13.7. The lowest BCUT2D eigenvalue weighted by molar-refractivity contribution is -0.134. The molecule has 2 fully saturated rings. The molecule has 0 bridgehead atoms. The van der Waals surface area contributed by atoms with Crippen molar-refractivity contribution in [3.8, 4) is 0 Å². The van der Waals surface area contributed by atoms with Crippen molar-refractivity contribution < 1.29 is 14.3 Å². The first-order valence-corrected chi connectivity index (χ1v) is 8.22. The van der Waals surface area contributed by atoms with Crippen LogP contribution in [0, 0.1) is 5.82 Å². The molecule has 2 N–H and O–H groups in total. The van der Waals surface area contributed by atoms with Crippen LogP contribution in [-0.2, 0) is 4.79 Å². The van der Waals surface area contributed by atoms with E-state index in [1.165, 1.54) is 17.8 Å². The van der Waals surface area contributed by atoms with Crippen molar-refractivity contribution in [3.63, 3.8) is 0 Å². The van der Waals surface area contributed by atoms with E-state index in [4.69, 9.17) is 0 Å². The number of nitrogens with zero attached hydrogens (tertiary/aromatic N) is 1. The Bertz CT molecular complexity index is 645. The van der Waals surface area contributed by atoms with Crippen LogP contribution < -0.4 is 5.32 Å². The Morgan fingerprint density at radius 2 is 2.09 bits per heavy atom. The number of carbonyl (C=O) groups excluding carboxylic acids is 1. The maximum absolute atomic E-state index is 13.8. The van der Waals surface area contributed by atoms with Crippen LogP contribution in [0.4, 0.5) is 4.39 Å². The summed E-state index contributed by atoms with van der Waals surface area (Å²) in [6.07, 6.45) is 2.18. The van der Waals surface area contributed by atoms with Gasteiger partial charge < -0.3 is 10.4 Å². The van der Waals surface area contributed by atoms with Gasteiger partial charge in [0.1, 0.15) is 10.6 Å². The summed E-state index contributed by atoms with van der Waals surface area (Å²) >= 11 is 1.25. The molecular formula is C16H19FN2O2S. The Hall–Kier alpha value is -1.40. The molecule has 0 spiro atoms. The molecule has 1 aromatic carbocycles. The van der Waals surface area contributed by atoms with Crippen molar-refractivity contribution in [1.82, 2.24) is 5.32 Å². The van der Waals surface area contributed by atoms with E-state index in [1.54, 1.807) is 32.0 Å². The van der Waals surface area contributed by atoms with Crippen LogP contribution in [0.25, 0.3) is 0 Å². The van der Waals surface area contributed by atoms with Crippen LogP contribution >= 0.6 is 11.8 Å². The van der Waals surface area contributed by atoms with Crippen LogP contribution in [-0.4, -0.2) is 26.5 Å². The molecule has 2 aliphatic rings. The second kappa shape index (κ2) is 5.35. The van der Waals surface area contributed by atoms with Gasteiger partial charge in [0.05, 0.1) is 11.6 Å². The van der Waals surface area contributed by atoms with E-state index >= 15 is 0 Å². The molecular weight excluding hydrogens is 303 g/mol. The van der Waals surface area contributed by atoms with E-state index in [0.717, 1.165) is 6.42 Å². The molecule has 0 radical (unpaired) electrons. The standard InChI is InChI=1S/C16H19FN2O2S/c1-10(11-6-3-4-7-12(11)17)18-14-19-13(20)15(2,22-14)16(21)8-5-9-16/h3-4,6-7,10,21H,5,8-9H2,1-2H3,(H,18,19,20)/t10-,15+/m0/s1. The highest BCUT2D eigenvalue weighted by Crippen LogP contribution is 2.50. The molecule has 6 heteroatoms. The van der Waals surface area contributed by atoms with Crippen molar-refractivity contribution in [2.75, 3.05) is 0 Å². The average molecular weight is 322 g/mol. The van der Waals surface area contributed by atoms with Crippen LogP contribution in [0.3, 0.4) is 0 Å². The van der Waals surface area contributed by atoms with Crippen LogP contribution in [0.1, 0.15) is 44.7 Å². The molecule has 1 amide bonds. The van der Waals surface area contributed by atoms with Crippen LogP contribution in [0.15, 0.2) is 29.3 Å². The van der Waals surface area contributed by atoms with Gasteiger partial charge in [0.25, 0.3) is 0 Å². The summed E-state index contributed by atoms with van der Waals surface area (Å²) < 4.78 is 12.9. The topological polar surface area (TPSA) is 61.7 Å². The number of nitrogens with one attached hydrogen (secondary N) is 1. The van der Waals surface area contributed by atoms with Gasteiger partial charge in [0, 0.05) is 5.56 Å². The molecule has 2 atom stereocenters. The van der Waals surface area contributed by atoms with Crippen molar-refractivity contribution in [1.29, 1.82) is 0 Å². The van der Waals surface area contributed by atoms with Crippen molar-refractivity contribution in [2.24, 2.45) is 4.99 Å². The maximum Gasteiger partial charge on any atom is 0.245 e. The highest BCUT2D eigenvalue weighted by Gasteiger charge is 2.59. The van der Waals surface area contributed by atoms with Crippen molar-refractivity contribution in [3.05, 3.63) is 35.6 Å². The van der Waals surface area contributed by atoms with Gasteiger partial charge in [0.15, 0.2) is 5.17 Å². The number of hydrogen-bond donors (Lipinski definition) is 2. The molecule has 0 aromatic heterocycles. The second-order valence-electron chi connectivity index (χ2n) is 6.11. The van der Waals surface area contributed by atoms with Gasteiger partial charge in [-0.25, -0.2) is 4.39 Å². The molecule has 0 unspecified atom stereocenters. The fourth-order valence-electron chi connectivity index (χ4n) is 2.89. The van der Waals surface area contributed by atoms with Gasteiger partial charge >= 0.3 is 0 Å². The summed E-state index contributed by atoms with van der Waals surface area (Å²) in [4.78, 5) is 16.7. The Balaban J connectivity index is 1.82. The van der Waals surface area contributed by atoms with E-state index < -0.39 is 16.4 Å². The van der Waals surface area contributed by atoms with Crippen molar-refractivity contribution >= 4 is 22.8 Å². The molecule has 4 nitrogen and oxygen atoms in total. The summed E-state index contributed by atoms with van der Waals surface area (Å²) in [6.45, 7) is 3.54. The number of rotatable bonds is 3. The van der Waals surface area contributed by atoms with E-state index in [2.05, 4.69) is 10.3 Å². The van der Waals surface area contributed by atoms with Crippen LogP contribution in [0.2, 0.25) is 0 Å². The molecule has 1 aliphatic heterocycles. The normalized spacial score (nSPS) is 30.0. The van der Waals surface area contributed by atoms with Gasteiger partial charge in [0.2, 0.25) is 5.91 Å². The number of hydrogen-bond acceptors (Lipinski definition) is 4. The highest BCUT2D eigenvalue weighted by molar-refractivity contribution is 8.16. The lowest BCUT2D eigenvalue weighted by Gasteiger charge is -2.46. The van der Waals surface area contributed by atoms with Gasteiger partial charge in [-0.2, -0.15) is 0 Å². The lowest BCUT2D eigenvalue weighted by atomic mass is 9.71. The Morgan fingerprint density at radius 3 is 2.68 bits per heavy atom. The number of amides is 1. The van der Waals surface area contributed by atoms with Crippen molar-refractivity contribution in [2.45, 2.75) is 49.5 Å². The van der Waals surface area contributed by atoms with Gasteiger partial charge in [-0.1, -0.05) is 30.0 Å². The van der Waals surface area contributed by atoms with Gasteiger partial charge in [-0.15, -0.1) is 0 Å². The average Bonchev–Trinajstić information content (AvgIpc) is 2.72. The first-order valence-electron chi connectivity index (χ1n) is 7.41. The SMILES string of the molecule is C[C@H](N=C1NC(=O)[C@](C)(C2(O)CCC2)S1)c1ccccc1F. The summed E-state index contributed by atoms with van der Waals surface area (Å²) in [6, 6.07) is 6.07. The van der Waals surface area contributed by atoms with E-state index in [0.29, 0.717) is 23.6 Å². The quantitative estimate of drug-likeness (QED) is 0.899. The molecule has 1 aliphatic carbocycles. The fraction of sp³-hybridized carbons (Fsp3) is 0.500. The molecule has 3 rings (SSSR count). The number of amidine groups is 1. The predicted octanol–water partition coefficient (Wildman–Crippen LogP) is 2.78. The molecule has 1 saturated carbocycles. The highest BCUT2D eigenvalue weighted by atomic mass is 32.2. The number of halogens is 1. The smallest absolute Gasteiger partial charge is 0.245 e. The third kappa shape index (κ3) is 2.34. The third-order valence-electron chi connectivity index (χ3n) is 4.69. The third-order valence-corrected chi connectivity index (χ3v) is 6.06. The monoisotopic (exact) mass is 322 g/mol. The zero-order valence-corrected chi connectivity index (χ0v) is 13.4. The first kappa shape index (κ1) is 15.5. The number of thioether (sulfide) groups is 1. The van der Waals surface area contributed by atoms with Gasteiger partial charge in [-0.05, 0) is 39.2 Å². The molecule has 1 saturated heterocycles. The minimum atomic E-state index is -0.972. The molecule has 1 heterocycles. The lowest BCUT2D eigenvalue weighted by Crippen LogP contribution is -2.58. The zero-order chi connectivity index (χ0) is 16.0. The number of carbonyl (C=O) groups is 1. The summed E-state index contributed by atoms with van der Waals surface area (Å²) in [5.74, 6) is -0.534. The predicted molar refractivity (Wildman–Crippen MR) is 85.2 cm³/mol.